The molecular weight excluding hydrogens is 265 g/mol. The average molecular weight is 273 g/mol. The molecule has 0 aliphatic heterocycles. The number of benzene rings is 1. The monoisotopic (exact) mass is 273 g/mol. The molecule has 2 rings (SSSR count). The summed E-state index contributed by atoms with van der Waals surface area (Å²) < 4.78 is 37.6. The molecule has 1 aromatic carbocycles. The summed E-state index contributed by atoms with van der Waals surface area (Å²) in [5, 5.41) is 0.316. The molecule has 0 aliphatic rings. The third kappa shape index (κ3) is 2.62. The lowest BCUT2D eigenvalue weighted by Gasteiger charge is -1.98. The van der Waals surface area contributed by atoms with Gasteiger partial charge < -0.3 is 0 Å². The van der Waals surface area contributed by atoms with Gasteiger partial charge in [0.15, 0.2) is 0 Å². The summed E-state index contributed by atoms with van der Waals surface area (Å²) in [6.07, 6.45) is 0.888. The number of carbonyl (C=O) groups excluding carboxylic acids is 1. The summed E-state index contributed by atoms with van der Waals surface area (Å²) in [5.74, 6) is -1.18. The number of rotatable bonds is 2. The van der Waals surface area contributed by atoms with Crippen molar-refractivity contribution in [3.05, 3.63) is 35.0 Å². The number of amides is 1. The van der Waals surface area contributed by atoms with Gasteiger partial charge in [-0.3, -0.25) is 4.79 Å². The highest BCUT2D eigenvalue weighted by atomic mass is 32.2. The van der Waals surface area contributed by atoms with Gasteiger partial charge >= 0.3 is 0 Å². The van der Waals surface area contributed by atoms with Gasteiger partial charge in [-0.25, -0.2) is 17.5 Å². The maximum absolute atomic E-state index is 13.4. The number of nitrogens with one attached hydrogen (secondary N) is 1. The Balaban J connectivity index is 2.44. The maximum atomic E-state index is 13.4. The van der Waals surface area contributed by atoms with Crippen molar-refractivity contribution in [3.63, 3.8) is 0 Å². The van der Waals surface area contributed by atoms with E-state index in [0.717, 1.165) is 17.6 Å². The van der Waals surface area contributed by atoms with Crippen LogP contribution >= 0.6 is 11.3 Å². The zero-order valence-electron chi connectivity index (χ0n) is 8.73. The molecule has 0 spiro atoms. The predicted octanol–water partition coefficient (Wildman–Crippen LogP) is 1.73. The second kappa shape index (κ2) is 4.08. The van der Waals surface area contributed by atoms with Gasteiger partial charge in [0, 0.05) is 10.1 Å². The molecule has 1 N–H and O–H groups in total. The van der Waals surface area contributed by atoms with E-state index < -0.39 is 21.7 Å². The van der Waals surface area contributed by atoms with Crippen molar-refractivity contribution in [2.75, 3.05) is 6.26 Å². The van der Waals surface area contributed by atoms with E-state index >= 15 is 0 Å². The topological polar surface area (TPSA) is 63.2 Å². The van der Waals surface area contributed by atoms with E-state index in [1.165, 1.54) is 18.2 Å². The van der Waals surface area contributed by atoms with Crippen molar-refractivity contribution >= 4 is 37.4 Å². The minimum absolute atomic E-state index is 0.163. The van der Waals surface area contributed by atoms with Crippen molar-refractivity contribution in [3.8, 4) is 0 Å². The minimum Gasteiger partial charge on any atom is -0.267 e. The van der Waals surface area contributed by atoms with Crippen LogP contribution in [0.2, 0.25) is 0 Å². The van der Waals surface area contributed by atoms with E-state index in [9.17, 15) is 17.6 Å². The summed E-state index contributed by atoms with van der Waals surface area (Å²) >= 11 is 1.04. The Hall–Kier alpha value is -1.47. The number of fused-ring (bicyclic) bond motifs is 1. The lowest BCUT2D eigenvalue weighted by atomic mass is 10.2. The molecule has 0 saturated carbocycles. The summed E-state index contributed by atoms with van der Waals surface area (Å²) in [5.41, 5.74) is 0. The Labute approximate surface area is 101 Å². The van der Waals surface area contributed by atoms with Crippen LogP contribution in [-0.2, 0) is 10.0 Å². The zero-order chi connectivity index (χ0) is 12.6. The fraction of sp³-hybridized carbons (Fsp3) is 0.100. The molecule has 1 amide bonds. The van der Waals surface area contributed by atoms with Gasteiger partial charge in [-0.15, -0.1) is 11.3 Å². The van der Waals surface area contributed by atoms with Gasteiger partial charge in [-0.1, -0.05) is 6.07 Å². The Morgan fingerprint density at radius 1 is 1.41 bits per heavy atom. The van der Waals surface area contributed by atoms with Crippen molar-refractivity contribution in [2.45, 2.75) is 0 Å². The summed E-state index contributed by atoms with van der Waals surface area (Å²) in [6, 6.07) is 5.83. The van der Waals surface area contributed by atoms with Crippen LogP contribution < -0.4 is 4.72 Å². The third-order valence-corrected chi connectivity index (χ3v) is 3.67. The SMILES string of the molecule is CS(=O)(=O)NC(=O)c1cc2c(F)cccc2s1. The molecule has 0 unspecified atom stereocenters. The largest absolute Gasteiger partial charge is 0.274 e. The molecule has 0 fully saturated rings. The van der Waals surface area contributed by atoms with Crippen LogP contribution in [0.4, 0.5) is 4.39 Å². The molecule has 2 aromatic rings. The highest BCUT2D eigenvalue weighted by molar-refractivity contribution is 7.89. The minimum atomic E-state index is -3.61. The van der Waals surface area contributed by atoms with E-state index in [1.807, 2.05) is 4.72 Å². The first kappa shape index (κ1) is 12.0. The van der Waals surface area contributed by atoms with Crippen LogP contribution in [0.15, 0.2) is 24.3 Å². The third-order valence-electron chi connectivity index (χ3n) is 2.01. The van der Waals surface area contributed by atoms with Gasteiger partial charge in [-0.05, 0) is 18.2 Å². The first-order valence-electron chi connectivity index (χ1n) is 4.57. The average Bonchev–Trinajstić information content (AvgIpc) is 2.60. The van der Waals surface area contributed by atoms with Gasteiger partial charge in [0.05, 0.1) is 11.1 Å². The Morgan fingerprint density at radius 3 is 2.71 bits per heavy atom. The maximum Gasteiger partial charge on any atom is 0.274 e. The standard InChI is InChI=1S/C10H8FNO3S2/c1-17(14,15)12-10(13)9-5-6-7(11)3-2-4-8(6)16-9/h2-5H,1H3,(H,12,13). The molecule has 1 aromatic heterocycles. The zero-order valence-corrected chi connectivity index (χ0v) is 10.4. The highest BCUT2D eigenvalue weighted by Crippen LogP contribution is 2.27. The first-order chi connectivity index (χ1) is 7.87. The molecule has 0 bridgehead atoms. The number of thiophene rings is 1. The normalized spacial score (nSPS) is 11.6. The van der Waals surface area contributed by atoms with Crippen LogP contribution in [0.1, 0.15) is 9.67 Å². The summed E-state index contributed by atoms with van der Waals surface area (Å²) in [6.45, 7) is 0. The number of sulfonamides is 1. The molecule has 4 nitrogen and oxygen atoms in total. The molecular formula is C10H8FNO3S2. The van der Waals surface area contributed by atoms with Crippen molar-refractivity contribution < 1.29 is 17.6 Å². The van der Waals surface area contributed by atoms with Gasteiger partial charge in [0.2, 0.25) is 10.0 Å². The molecule has 1 heterocycles. The number of carbonyl (C=O) groups is 1. The van der Waals surface area contributed by atoms with Crippen molar-refractivity contribution in [2.24, 2.45) is 0 Å². The van der Waals surface area contributed by atoms with Crippen LogP contribution in [0.5, 0.6) is 0 Å². The first-order valence-corrected chi connectivity index (χ1v) is 7.28. The molecule has 0 aliphatic carbocycles. The van der Waals surface area contributed by atoms with Gasteiger partial charge in [0.1, 0.15) is 5.82 Å². The summed E-state index contributed by atoms with van der Waals surface area (Å²) in [4.78, 5) is 11.7. The quantitative estimate of drug-likeness (QED) is 0.906. The predicted molar refractivity (Wildman–Crippen MR) is 64.1 cm³/mol. The van der Waals surface area contributed by atoms with E-state index in [2.05, 4.69) is 0 Å². The number of halogens is 1. The van der Waals surface area contributed by atoms with Gasteiger partial charge in [-0.2, -0.15) is 0 Å². The van der Waals surface area contributed by atoms with Crippen molar-refractivity contribution in [1.29, 1.82) is 0 Å². The molecule has 0 saturated heterocycles. The summed E-state index contributed by atoms with van der Waals surface area (Å²) in [7, 11) is -3.61. The molecule has 0 radical (unpaired) electrons. The molecule has 7 heteroatoms. The second-order valence-electron chi connectivity index (χ2n) is 3.47. The fourth-order valence-electron chi connectivity index (χ4n) is 1.36. The lowest BCUT2D eigenvalue weighted by molar-refractivity contribution is 0.0985. The molecule has 90 valence electrons. The molecule has 17 heavy (non-hydrogen) atoms. The number of hydrogen-bond acceptors (Lipinski definition) is 4. The highest BCUT2D eigenvalue weighted by Gasteiger charge is 2.15. The Bertz CT molecular complexity index is 691. The van der Waals surface area contributed by atoms with E-state index in [1.54, 1.807) is 6.07 Å². The van der Waals surface area contributed by atoms with Crippen LogP contribution in [-0.4, -0.2) is 20.6 Å². The van der Waals surface area contributed by atoms with Crippen LogP contribution in [0, 0.1) is 5.82 Å². The van der Waals surface area contributed by atoms with Crippen LogP contribution in [0.3, 0.4) is 0 Å². The number of hydrogen-bond donors (Lipinski definition) is 1. The van der Waals surface area contributed by atoms with Gasteiger partial charge in [0.25, 0.3) is 5.91 Å². The van der Waals surface area contributed by atoms with Crippen molar-refractivity contribution in [1.82, 2.24) is 4.72 Å². The Kier molecular flexibility index (Phi) is 2.88. The van der Waals surface area contributed by atoms with E-state index in [0.29, 0.717) is 10.1 Å². The second-order valence-corrected chi connectivity index (χ2v) is 6.30. The van der Waals surface area contributed by atoms with E-state index in [-0.39, 0.29) is 4.88 Å². The van der Waals surface area contributed by atoms with E-state index in [4.69, 9.17) is 0 Å². The Morgan fingerprint density at radius 2 is 2.12 bits per heavy atom. The lowest BCUT2D eigenvalue weighted by Crippen LogP contribution is -2.28. The van der Waals surface area contributed by atoms with Crippen LogP contribution in [0.25, 0.3) is 10.1 Å². The molecule has 0 atom stereocenters. The smallest absolute Gasteiger partial charge is 0.267 e. The fourth-order valence-corrected chi connectivity index (χ4v) is 2.84.